The van der Waals surface area contributed by atoms with Gasteiger partial charge in [-0.15, -0.1) is 0 Å². The maximum absolute atomic E-state index is 13.7. The van der Waals surface area contributed by atoms with Gasteiger partial charge in [-0.1, -0.05) is 61.2 Å². The summed E-state index contributed by atoms with van der Waals surface area (Å²) < 4.78 is 20.0. The van der Waals surface area contributed by atoms with E-state index in [9.17, 15) is 14.3 Å². The molecule has 1 N–H and O–H groups in total. The molecule has 0 saturated carbocycles. The van der Waals surface area contributed by atoms with E-state index >= 15 is 0 Å². The number of benzene rings is 2. The highest BCUT2D eigenvalue weighted by Crippen LogP contribution is 2.27. The number of aliphatic hydroxyl groups excluding tert-OH is 1. The molecule has 6 nitrogen and oxygen atoms in total. The number of nitrogens with zero attached hydrogens (tertiary/aromatic N) is 3. The van der Waals surface area contributed by atoms with E-state index in [1.807, 2.05) is 57.3 Å². The van der Waals surface area contributed by atoms with Crippen molar-refractivity contribution in [1.82, 2.24) is 14.8 Å². The van der Waals surface area contributed by atoms with Crippen LogP contribution < -0.4 is 4.74 Å². The van der Waals surface area contributed by atoms with Crippen LogP contribution in [0.3, 0.4) is 0 Å². The minimum atomic E-state index is -0.366. The monoisotopic (exact) mass is 515 g/mol. The fourth-order valence-electron chi connectivity index (χ4n) is 4.55. The number of likely N-dealkylation sites (N-methyl/N-ethyl adjacent to an activating group) is 1. The zero-order valence-corrected chi connectivity index (χ0v) is 22.1. The third kappa shape index (κ3) is 6.97. The van der Waals surface area contributed by atoms with E-state index in [0.717, 1.165) is 11.1 Å². The van der Waals surface area contributed by atoms with E-state index in [2.05, 4.69) is 21.7 Å². The molecule has 0 fully saturated rings. The Morgan fingerprint density at radius 3 is 2.68 bits per heavy atom. The summed E-state index contributed by atoms with van der Waals surface area (Å²) in [5.74, 6) is 5.99. The van der Waals surface area contributed by atoms with Crippen molar-refractivity contribution in [3.05, 3.63) is 94.9 Å². The van der Waals surface area contributed by atoms with Crippen LogP contribution in [0.1, 0.15) is 40.9 Å². The number of fused-ring (bicyclic) bond motifs is 1. The summed E-state index contributed by atoms with van der Waals surface area (Å²) >= 11 is 0. The molecule has 0 aliphatic carbocycles. The summed E-state index contributed by atoms with van der Waals surface area (Å²) in [4.78, 5) is 21.8. The summed E-state index contributed by atoms with van der Waals surface area (Å²) in [5.41, 5.74) is 2.94. The van der Waals surface area contributed by atoms with Gasteiger partial charge in [-0.3, -0.25) is 9.69 Å². The molecule has 38 heavy (non-hydrogen) atoms. The number of aliphatic hydroxyl groups is 1. The zero-order chi connectivity index (χ0) is 27.1. The van der Waals surface area contributed by atoms with E-state index in [-0.39, 0.29) is 42.3 Å². The van der Waals surface area contributed by atoms with Crippen molar-refractivity contribution in [2.45, 2.75) is 39.0 Å². The Kier molecular flexibility index (Phi) is 9.11. The van der Waals surface area contributed by atoms with E-state index in [4.69, 9.17) is 4.74 Å². The molecular weight excluding hydrogens is 481 g/mol. The molecule has 198 valence electrons. The number of hydrogen-bond acceptors (Lipinski definition) is 5. The van der Waals surface area contributed by atoms with Gasteiger partial charge in [-0.25, -0.2) is 9.37 Å². The molecule has 1 aromatic heterocycles. The summed E-state index contributed by atoms with van der Waals surface area (Å²) in [5, 5.41) is 9.88. The Labute approximate surface area is 224 Å². The first-order valence-corrected chi connectivity index (χ1v) is 12.9. The fourth-order valence-corrected chi connectivity index (χ4v) is 4.55. The number of carbonyl (C=O) groups excluding carboxylic acids is 1. The number of carbonyl (C=O) groups is 1. The van der Waals surface area contributed by atoms with Crippen LogP contribution in [-0.4, -0.2) is 64.7 Å². The van der Waals surface area contributed by atoms with Crippen LogP contribution in [0.2, 0.25) is 0 Å². The third-order valence-corrected chi connectivity index (χ3v) is 6.72. The molecule has 0 radical (unpaired) electrons. The van der Waals surface area contributed by atoms with Crippen molar-refractivity contribution >= 4 is 5.91 Å². The Balaban J connectivity index is 1.58. The molecule has 1 aliphatic heterocycles. The summed E-state index contributed by atoms with van der Waals surface area (Å²) in [6.45, 7) is 5.22. The van der Waals surface area contributed by atoms with Crippen LogP contribution in [0.5, 0.6) is 5.88 Å². The second kappa shape index (κ2) is 12.7. The lowest BCUT2D eigenvalue weighted by Crippen LogP contribution is -2.49. The van der Waals surface area contributed by atoms with E-state index in [0.29, 0.717) is 37.2 Å². The Bertz CT molecular complexity index is 1300. The van der Waals surface area contributed by atoms with Gasteiger partial charge in [0.1, 0.15) is 17.5 Å². The van der Waals surface area contributed by atoms with Gasteiger partial charge in [0.2, 0.25) is 5.88 Å². The van der Waals surface area contributed by atoms with Crippen molar-refractivity contribution in [2.75, 3.05) is 26.7 Å². The van der Waals surface area contributed by atoms with Gasteiger partial charge in [0.25, 0.3) is 5.91 Å². The number of ether oxygens (including phenoxy) is 1. The lowest BCUT2D eigenvalue weighted by molar-refractivity contribution is 0.0325. The molecule has 0 spiro atoms. The van der Waals surface area contributed by atoms with Crippen LogP contribution in [-0.2, 0) is 13.0 Å². The highest BCUT2D eigenvalue weighted by Gasteiger charge is 2.34. The van der Waals surface area contributed by atoms with Crippen LogP contribution in [0.15, 0.2) is 66.9 Å². The molecule has 1 aliphatic rings. The van der Waals surface area contributed by atoms with Gasteiger partial charge in [-0.2, -0.15) is 0 Å². The zero-order valence-electron chi connectivity index (χ0n) is 22.1. The molecule has 0 saturated heterocycles. The second-order valence-corrected chi connectivity index (χ2v) is 9.99. The van der Waals surface area contributed by atoms with Crippen molar-refractivity contribution in [2.24, 2.45) is 5.92 Å². The molecule has 1 amide bonds. The normalized spacial score (nSPS) is 18.1. The lowest BCUT2D eigenvalue weighted by atomic mass is 9.99. The Morgan fingerprint density at radius 2 is 1.95 bits per heavy atom. The van der Waals surface area contributed by atoms with Gasteiger partial charge in [0, 0.05) is 43.7 Å². The Morgan fingerprint density at radius 1 is 1.18 bits per heavy atom. The average molecular weight is 516 g/mol. The van der Waals surface area contributed by atoms with Crippen molar-refractivity contribution in [1.29, 1.82) is 0 Å². The predicted octanol–water partition coefficient (Wildman–Crippen LogP) is 4.17. The number of amides is 1. The van der Waals surface area contributed by atoms with Crippen molar-refractivity contribution in [3.8, 4) is 17.7 Å². The molecular formula is C31H34FN3O3. The molecule has 2 heterocycles. The number of hydrogen-bond donors (Lipinski definition) is 1. The van der Waals surface area contributed by atoms with E-state index < -0.39 is 0 Å². The van der Waals surface area contributed by atoms with Crippen LogP contribution in [0.25, 0.3) is 0 Å². The highest BCUT2D eigenvalue weighted by atomic mass is 19.1. The van der Waals surface area contributed by atoms with E-state index in [1.54, 1.807) is 23.2 Å². The third-order valence-electron chi connectivity index (χ3n) is 6.72. The van der Waals surface area contributed by atoms with Crippen molar-refractivity contribution in [3.63, 3.8) is 0 Å². The smallest absolute Gasteiger partial charge is 0.259 e. The summed E-state index contributed by atoms with van der Waals surface area (Å²) in [7, 11) is 1.96. The fraction of sp³-hybridized carbons (Fsp3) is 0.355. The summed E-state index contributed by atoms with van der Waals surface area (Å²) in [6, 6.07) is 17.9. The van der Waals surface area contributed by atoms with Gasteiger partial charge in [0.15, 0.2) is 0 Å². The number of pyridine rings is 1. The number of rotatable bonds is 7. The minimum Gasteiger partial charge on any atom is -0.472 e. The maximum Gasteiger partial charge on any atom is 0.259 e. The largest absolute Gasteiger partial charge is 0.472 e. The molecule has 3 aromatic rings. The molecule has 0 bridgehead atoms. The number of halogens is 1. The first-order valence-electron chi connectivity index (χ1n) is 12.9. The molecule has 4 rings (SSSR count). The lowest BCUT2D eigenvalue weighted by Gasteiger charge is -2.37. The molecule has 2 aromatic carbocycles. The second-order valence-electron chi connectivity index (χ2n) is 9.99. The van der Waals surface area contributed by atoms with Gasteiger partial charge in [-0.05, 0) is 43.3 Å². The molecule has 7 heteroatoms. The highest BCUT2D eigenvalue weighted by molar-refractivity contribution is 5.97. The van der Waals surface area contributed by atoms with Crippen LogP contribution >= 0.6 is 0 Å². The average Bonchev–Trinajstić information content (AvgIpc) is 2.91. The topological polar surface area (TPSA) is 65.9 Å². The first kappa shape index (κ1) is 27.3. The first-order chi connectivity index (χ1) is 18.3. The van der Waals surface area contributed by atoms with E-state index in [1.165, 1.54) is 12.1 Å². The quantitative estimate of drug-likeness (QED) is 0.479. The van der Waals surface area contributed by atoms with Gasteiger partial charge < -0.3 is 14.7 Å². The molecule has 3 atom stereocenters. The standard InChI is InChI=1S/C31H34FN3O3/c1-22-18-35(23(2)21-36)31(37)28-16-25(12-7-11-24-9-5-4-6-10-24)17-33-30(28)38-29(22)20-34(3)19-26-13-8-14-27(32)15-26/h4-6,8-10,13-17,22-23,29,36H,11,18-21H2,1-3H3/t22-,23-,29+/m0/s1. The van der Waals surface area contributed by atoms with Gasteiger partial charge in [0.05, 0.1) is 12.6 Å². The summed E-state index contributed by atoms with van der Waals surface area (Å²) in [6.07, 6.45) is 1.94. The van der Waals surface area contributed by atoms with Crippen LogP contribution in [0, 0.1) is 23.6 Å². The van der Waals surface area contributed by atoms with Crippen LogP contribution in [0.4, 0.5) is 4.39 Å². The number of aromatic nitrogens is 1. The predicted molar refractivity (Wildman–Crippen MR) is 145 cm³/mol. The maximum atomic E-state index is 13.7. The van der Waals surface area contributed by atoms with Gasteiger partial charge >= 0.3 is 0 Å². The Hall–Kier alpha value is -3.73. The SMILES string of the molecule is C[C@H]1CN([C@@H](C)CO)C(=O)c2cc(C#CCc3ccccc3)cnc2O[C@@H]1CN(C)Cc1cccc(F)c1. The van der Waals surface area contributed by atoms with Crippen molar-refractivity contribution < 1.29 is 19.0 Å². The minimum absolute atomic E-state index is 0.0387. The molecule has 0 unspecified atom stereocenters.